The molecule has 1 heterocycles. The van der Waals surface area contributed by atoms with Crippen molar-refractivity contribution in [3.63, 3.8) is 0 Å². The minimum absolute atomic E-state index is 0.765. The molecular weight excluding hydrogens is 324 g/mol. The van der Waals surface area contributed by atoms with Crippen molar-refractivity contribution in [2.45, 2.75) is 11.8 Å². The standard InChI is InChI=1S/C15H16BrClN2/c1-19(10-7-12-5-8-18-9-6-12)15-4-2-3-14(17)13(15)11-16/h2-6,8-9H,7,10-11H2,1H3. The molecule has 0 atom stereocenters. The molecular formula is C15H16BrClN2. The van der Waals surface area contributed by atoms with Crippen LogP contribution < -0.4 is 4.90 Å². The zero-order valence-corrected chi connectivity index (χ0v) is 13.2. The van der Waals surface area contributed by atoms with Crippen molar-refractivity contribution in [3.05, 3.63) is 58.9 Å². The molecule has 0 unspecified atom stereocenters. The number of benzene rings is 1. The average molecular weight is 340 g/mol. The lowest BCUT2D eigenvalue weighted by Crippen LogP contribution is -2.21. The molecule has 0 radical (unpaired) electrons. The molecule has 0 amide bonds. The fourth-order valence-electron chi connectivity index (χ4n) is 2.00. The van der Waals surface area contributed by atoms with Gasteiger partial charge in [0.2, 0.25) is 0 Å². The van der Waals surface area contributed by atoms with E-state index in [2.05, 4.69) is 51.1 Å². The highest BCUT2D eigenvalue weighted by Gasteiger charge is 2.09. The second kappa shape index (κ2) is 6.92. The zero-order valence-electron chi connectivity index (χ0n) is 10.8. The van der Waals surface area contributed by atoms with Gasteiger partial charge in [0.1, 0.15) is 0 Å². The number of rotatable bonds is 5. The first-order chi connectivity index (χ1) is 9.22. The molecule has 0 saturated heterocycles. The Morgan fingerprint density at radius 1 is 1.21 bits per heavy atom. The molecule has 1 aromatic carbocycles. The fraction of sp³-hybridized carbons (Fsp3) is 0.267. The van der Waals surface area contributed by atoms with Gasteiger partial charge in [-0.3, -0.25) is 4.98 Å². The summed E-state index contributed by atoms with van der Waals surface area (Å²) in [6, 6.07) is 10.1. The van der Waals surface area contributed by atoms with E-state index >= 15 is 0 Å². The van der Waals surface area contributed by atoms with Crippen molar-refractivity contribution in [3.8, 4) is 0 Å². The number of pyridine rings is 1. The third-order valence-electron chi connectivity index (χ3n) is 3.12. The highest BCUT2D eigenvalue weighted by molar-refractivity contribution is 9.08. The third-order valence-corrected chi connectivity index (χ3v) is 4.04. The van der Waals surface area contributed by atoms with Crippen molar-refractivity contribution in [1.82, 2.24) is 4.98 Å². The van der Waals surface area contributed by atoms with E-state index in [1.165, 1.54) is 11.3 Å². The molecule has 4 heteroatoms. The summed E-state index contributed by atoms with van der Waals surface area (Å²) in [5.41, 5.74) is 3.61. The number of aromatic nitrogens is 1. The molecule has 0 aliphatic carbocycles. The summed E-state index contributed by atoms with van der Waals surface area (Å²) in [7, 11) is 2.10. The number of halogens is 2. The van der Waals surface area contributed by atoms with Crippen LogP contribution in [0.2, 0.25) is 5.02 Å². The molecule has 2 nitrogen and oxygen atoms in total. The number of likely N-dealkylation sites (N-methyl/N-ethyl adjacent to an activating group) is 1. The lowest BCUT2D eigenvalue weighted by Gasteiger charge is -2.22. The lowest BCUT2D eigenvalue weighted by atomic mass is 10.1. The molecule has 0 fully saturated rings. The maximum Gasteiger partial charge on any atom is 0.0467 e. The first kappa shape index (κ1) is 14.4. The molecule has 0 bridgehead atoms. The summed E-state index contributed by atoms with van der Waals surface area (Å²) in [6.07, 6.45) is 4.66. The highest BCUT2D eigenvalue weighted by atomic mass is 79.9. The number of hydrogen-bond donors (Lipinski definition) is 0. The van der Waals surface area contributed by atoms with E-state index in [0.29, 0.717) is 0 Å². The Balaban J connectivity index is 2.08. The maximum absolute atomic E-state index is 6.23. The smallest absolute Gasteiger partial charge is 0.0467 e. The Hall–Kier alpha value is -1.06. The molecule has 19 heavy (non-hydrogen) atoms. The van der Waals surface area contributed by atoms with E-state index in [0.717, 1.165) is 28.9 Å². The average Bonchev–Trinajstić information content (AvgIpc) is 2.45. The van der Waals surface area contributed by atoms with Gasteiger partial charge in [-0.25, -0.2) is 0 Å². The number of nitrogens with zero attached hydrogens (tertiary/aromatic N) is 2. The van der Waals surface area contributed by atoms with E-state index in [1.807, 2.05) is 24.5 Å². The van der Waals surface area contributed by atoms with Crippen LogP contribution in [-0.4, -0.2) is 18.6 Å². The predicted molar refractivity (Wildman–Crippen MR) is 85.3 cm³/mol. The summed E-state index contributed by atoms with van der Waals surface area (Å²) in [5.74, 6) is 0. The van der Waals surface area contributed by atoms with Gasteiger partial charge in [0.15, 0.2) is 0 Å². The molecule has 0 saturated carbocycles. The summed E-state index contributed by atoms with van der Waals surface area (Å²) in [4.78, 5) is 6.27. The summed E-state index contributed by atoms with van der Waals surface area (Å²) in [5, 5.41) is 1.58. The van der Waals surface area contributed by atoms with E-state index in [4.69, 9.17) is 11.6 Å². The van der Waals surface area contributed by atoms with Gasteiger partial charge in [-0.2, -0.15) is 0 Å². The molecule has 0 spiro atoms. The van der Waals surface area contributed by atoms with Crippen LogP contribution in [0.5, 0.6) is 0 Å². The fourth-order valence-corrected chi connectivity index (χ4v) is 2.99. The van der Waals surface area contributed by atoms with Crippen molar-refractivity contribution < 1.29 is 0 Å². The Morgan fingerprint density at radius 3 is 2.63 bits per heavy atom. The van der Waals surface area contributed by atoms with Gasteiger partial charge >= 0.3 is 0 Å². The SMILES string of the molecule is CN(CCc1ccncc1)c1cccc(Cl)c1CBr. The highest BCUT2D eigenvalue weighted by Crippen LogP contribution is 2.28. The van der Waals surface area contributed by atoms with Crippen LogP contribution >= 0.6 is 27.5 Å². The third kappa shape index (κ3) is 3.71. The molecule has 0 N–H and O–H groups in total. The second-order valence-electron chi connectivity index (χ2n) is 4.40. The predicted octanol–water partition coefficient (Wildman–Crippen LogP) is 4.31. The minimum atomic E-state index is 0.765. The van der Waals surface area contributed by atoms with Crippen molar-refractivity contribution in [2.75, 3.05) is 18.5 Å². The quantitative estimate of drug-likeness (QED) is 0.755. The van der Waals surface area contributed by atoms with Gasteiger partial charge in [0, 0.05) is 47.6 Å². The summed E-state index contributed by atoms with van der Waals surface area (Å²) in [6.45, 7) is 0.949. The first-order valence-corrected chi connectivity index (χ1v) is 7.65. The van der Waals surface area contributed by atoms with E-state index in [-0.39, 0.29) is 0 Å². The van der Waals surface area contributed by atoms with Crippen LogP contribution in [0, 0.1) is 0 Å². The Labute approximate surface area is 127 Å². The monoisotopic (exact) mass is 338 g/mol. The lowest BCUT2D eigenvalue weighted by molar-refractivity contribution is 0.871. The van der Waals surface area contributed by atoms with Crippen molar-refractivity contribution in [2.24, 2.45) is 0 Å². The van der Waals surface area contributed by atoms with E-state index in [9.17, 15) is 0 Å². The zero-order chi connectivity index (χ0) is 13.7. The van der Waals surface area contributed by atoms with Gasteiger partial charge in [0.25, 0.3) is 0 Å². The largest absolute Gasteiger partial charge is 0.374 e. The molecule has 100 valence electrons. The van der Waals surface area contributed by atoms with Gasteiger partial charge in [-0.15, -0.1) is 0 Å². The normalized spacial score (nSPS) is 10.5. The van der Waals surface area contributed by atoms with Crippen LogP contribution in [0.25, 0.3) is 0 Å². The second-order valence-corrected chi connectivity index (χ2v) is 5.37. The number of anilines is 1. The Bertz CT molecular complexity index is 531. The summed E-state index contributed by atoms with van der Waals surface area (Å²) >= 11 is 9.73. The van der Waals surface area contributed by atoms with Gasteiger partial charge in [-0.1, -0.05) is 33.6 Å². The van der Waals surface area contributed by atoms with Gasteiger partial charge in [-0.05, 0) is 36.2 Å². The number of hydrogen-bond acceptors (Lipinski definition) is 2. The van der Waals surface area contributed by atoms with E-state index < -0.39 is 0 Å². The number of alkyl halides is 1. The van der Waals surface area contributed by atoms with Crippen LogP contribution in [0.15, 0.2) is 42.7 Å². The molecule has 0 aliphatic heterocycles. The first-order valence-electron chi connectivity index (χ1n) is 6.15. The van der Waals surface area contributed by atoms with Gasteiger partial charge in [0.05, 0.1) is 0 Å². The van der Waals surface area contributed by atoms with Crippen LogP contribution in [-0.2, 0) is 11.8 Å². The van der Waals surface area contributed by atoms with Crippen molar-refractivity contribution >= 4 is 33.2 Å². The van der Waals surface area contributed by atoms with Crippen LogP contribution in [0.3, 0.4) is 0 Å². The topological polar surface area (TPSA) is 16.1 Å². The van der Waals surface area contributed by atoms with Crippen molar-refractivity contribution in [1.29, 1.82) is 0 Å². The van der Waals surface area contributed by atoms with Crippen LogP contribution in [0.4, 0.5) is 5.69 Å². The van der Waals surface area contributed by atoms with Gasteiger partial charge < -0.3 is 4.90 Å². The van der Waals surface area contributed by atoms with E-state index in [1.54, 1.807) is 0 Å². The molecule has 0 aliphatic rings. The van der Waals surface area contributed by atoms with Crippen LogP contribution in [0.1, 0.15) is 11.1 Å². The maximum atomic E-state index is 6.23. The Kier molecular flexibility index (Phi) is 5.23. The molecule has 2 rings (SSSR count). The summed E-state index contributed by atoms with van der Waals surface area (Å²) < 4.78 is 0. The molecule has 2 aromatic rings. The molecule has 1 aromatic heterocycles. The minimum Gasteiger partial charge on any atom is -0.374 e. The Morgan fingerprint density at radius 2 is 1.95 bits per heavy atom.